The minimum atomic E-state index is 0.555. The fourth-order valence-electron chi connectivity index (χ4n) is 7.36. The normalized spacial score (nSPS) is 54.6. The summed E-state index contributed by atoms with van der Waals surface area (Å²) in [5.74, 6) is 4.16. The third-order valence-corrected chi connectivity index (χ3v) is 8.40. The molecule has 4 saturated carbocycles. The third-order valence-electron chi connectivity index (χ3n) is 8.40. The number of allylic oxidation sites excluding steroid dienone is 1. The Morgan fingerprint density at radius 2 is 1.75 bits per heavy atom. The first kappa shape index (κ1) is 13.4. The van der Waals surface area contributed by atoms with Gasteiger partial charge in [0.15, 0.2) is 0 Å². The number of fused-ring (bicyclic) bond motifs is 5. The third kappa shape index (κ3) is 1.66. The van der Waals surface area contributed by atoms with Gasteiger partial charge < -0.3 is 0 Å². The van der Waals surface area contributed by atoms with Crippen molar-refractivity contribution in [2.75, 3.05) is 0 Å². The van der Waals surface area contributed by atoms with Crippen LogP contribution in [0.5, 0.6) is 0 Å². The first-order valence-electron chi connectivity index (χ1n) is 9.33. The first-order valence-corrected chi connectivity index (χ1v) is 9.33. The molecular weight excluding hydrogens is 240 g/mol. The van der Waals surface area contributed by atoms with Gasteiger partial charge in [-0.1, -0.05) is 32.3 Å². The van der Waals surface area contributed by atoms with Gasteiger partial charge in [0.1, 0.15) is 0 Å². The van der Waals surface area contributed by atoms with E-state index in [1.165, 1.54) is 57.8 Å². The average molecular weight is 272 g/mol. The highest BCUT2D eigenvalue weighted by Gasteiger charge is 2.57. The van der Waals surface area contributed by atoms with Crippen molar-refractivity contribution in [2.24, 2.45) is 34.5 Å². The minimum Gasteiger partial charge on any atom is -0.103 e. The SMILES string of the molecule is C=C[C@@]12CCC[C@H]1[C@@H]1CC[C@H]3CCCC[C@]3(C)[C@H]1CC2. The van der Waals surface area contributed by atoms with Crippen LogP contribution in [0.2, 0.25) is 0 Å². The summed E-state index contributed by atoms with van der Waals surface area (Å²) in [5.41, 5.74) is 1.26. The van der Waals surface area contributed by atoms with E-state index in [0.29, 0.717) is 10.8 Å². The van der Waals surface area contributed by atoms with E-state index in [-0.39, 0.29) is 0 Å². The fourth-order valence-corrected chi connectivity index (χ4v) is 7.36. The molecule has 0 spiro atoms. The molecule has 0 nitrogen and oxygen atoms in total. The smallest absolute Gasteiger partial charge is 0.00898 e. The molecule has 0 radical (unpaired) electrons. The predicted molar refractivity (Wildman–Crippen MR) is 85.5 cm³/mol. The van der Waals surface area contributed by atoms with Gasteiger partial charge in [0.25, 0.3) is 0 Å². The van der Waals surface area contributed by atoms with Crippen LogP contribution < -0.4 is 0 Å². The summed E-state index contributed by atoms with van der Waals surface area (Å²) in [7, 11) is 0. The van der Waals surface area contributed by atoms with E-state index in [2.05, 4.69) is 19.6 Å². The van der Waals surface area contributed by atoms with Gasteiger partial charge in [0, 0.05) is 0 Å². The second kappa shape index (κ2) is 4.62. The molecule has 0 aromatic heterocycles. The summed E-state index contributed by atoms with van der Waals surface area (Å²) in [6, 6.07) is 0. The summed E-state index contributed by atoms with van der Waals surface area (Å²) >= 11 is 0. The van der Waals surface area contributed by atoms with Crippen molar-refractivity contribution in [1.29, 1.82) is 0 Å². The lowest BCUT2D eigenvalue weighted by Gasteiger charge is -2.60. The van der Waals surface area contributed by atoms with E-state index in [1.807, 2.05) is 0 Å². The highest BCUT2D eigenvalue weighted by atomic mass is 14.6. The molecule has 4 aliphatic carbocycles. The zero-order valence-electron chi connectivity index (χ0n) is 13.4. The Balaban J connectivity index is 1.65. The van der Waals surface area contributed by atoms with Crippen LogP contribution in [0.3, 0.4) is 0 Å². The highest BCUT2D eigenvalue weighted by molar-refractivity contribution is 5.12. The molecule has 6 atom stereocenters. The quantitative estimate of drug-likeness (QED) is 0.515. The van der Waals surface area contributed by atoms with Crippen molar-refractivity contribution >= 4 is 0 Å². The molecule has 0 aliphatic heterocycles. The summed E-state index contributed by atoms with van der Waals surface area (Å²) in [4.78, 5) is 0. The monoisotopic (exact) mass is 272 g/mol. The second-order valence-corrected chi connectivity index (χ2v) is 8.77. The van der Waals surface area contributed by atoms with E-state index in [9.17, 15) is 0 Å². The van der Waals surface area contributed by atoms with E-state index < -0.39 is 0 Å². The predicted octanol–water partition coefficient (Wildman–Crippen LogP) is 5.98. The van der Waals surface area contributed by atoms with E-state index in [1.54, 1.807) is 12.8 Å². The first-order chi connectivity index (χ1) is 9.70. The van der Waals surface area contributed by atoms with Crippen LogP contribution in [-0.4, -0.2) is 0 Å². The van der Waals surface area contributed by atoms with E-state index in [0.717, 1.165) is 23.7 Å². The lowest BCUT2D eigenvalue weighted by molar-refractivity contribution is -0.0966. The Hall–Kier alpha value is -0.260. The van der Waals surface area contributed by atoms with Gasteiger partial charge in [0.2, 0.25) is 0 Å². The molecule has 4 aliphatic rings. The van der Waals surface area contributed by atoms with Gasteiger partial charge in [-0.25, -0.2) is 0 Å². The Morgan fingerprint density at radius 1 is 0.850 bits per heavy atom. The Bertz CT molecular complexity index is 397. The molecule has 0 amide bonds. The van der Waals surface area contributed by atoms with Crippen LogP contribution in [0.25, 0.3) is 0 Å². The zero-order chi connectivity index (χ0) is 13.8. The fraction of sp³-hybridized carbons (Fsp3) is 0.900. The van der Waals surface area contributed by atoms with Crippen LogP contribution in [0.4, 0.5) is 0 Å². The topological polar surface area (TPSA) is 0 Å². The van der Waals surface area contributed by atoms with Gasteiger partial charge in [-0.05, 0) is 85.9 Å². The molecule has 0 heterocycles. The highest BCUT2D eigenvalue weighted by Crippen LogP contribution is 2.66. The lowest BCUT2D eigenvalue weighted by atomic mass is 9.45. The maximum absolute atomic E-state index is 4.25. The Morgan fingerprint density at radius 3 is 2.60 bits per heavy atom. The van der Waals surface area contributed by atoms with Gasteiger partial charge in [-0.2, -0.15) is 0 Å². The van der Waals surface area contributed by atoms with E-state index in [4.69, 9.17) is 0 Å². The van der Waals surface area contributed by atoms with Crippen molar-refractivity contribution in [3.8, 4) is 0 Å². The molecule has 0 aromatic rings. The maximum atomic E-state index is 4.25. The maximum Gasteiger partial charge on any atom is -0.00898 e. The van der Waals surface area contributed by atoms with Crippen molar-refractivity contribution in [1.82, 2.24) is 0 Å². The van der Waals surface area contributed by atoms with Crippen molar-refractivity contribution in [3.63, 3.8) is 0 Å². The zero-order valence-corrected chi connectivity index (χ0v) is 13.4. The molecule has 0 N–H and O–H groups in total. The molecule has 0 saturated heterocycles. The molecule has 4 fully saturated rings. The van der Waals surface area contributed by atoms with Gasteiger partial charge in [-0.15, -0.1) is 6.58 Å². The molecule has 0 bridgehead atoms. The summed E-state index contributed by atoms with van der Waals surface area (Å²) < 4.78 is 0. The van der Waals surface area contributed by atoms with Crippen LogP contribution in [0.1, 0.15) is 77.6 Å². The molecule has 112 valence electrons. The van der Waals surface area contributed by atoms with Gasteiger partial charge >= 0.3 is 0 Å². The van der Waals surface area contributed by atoms with Crippen LogP contribution in [0, 0.1) is 34.5 Å². The van der Waals surface area contributed by atoms with Crippen molar-refractivity contribution in [2.45, 2.75) is 77.6 Å². The van der Waals surface area contributed by atoms with Crippen LogP contribution in [-0.2, 0) is 0 Å². The molecule has 0 heteroatoms. The van der Waals surface area contributed by atoms with Crippen LogP contribution >= 0.6 is 0 Å². The molecule has 0 aromatic carbocycles. The van der Waals surface area contributed by atoms with Crippen molar-refractivity contribution < 1.29 is 0 Å². The number of hydrogen-bond acceptors (Lipinski definition) is 0. The summed E-state index contributed by atoms with van der Waals surface area (Å²) in [6.07, 6.45) is 19.0. The Kier molecular flexibility index (Phi) is 3.09. The standard InChI is InChI=1S/C20H32/c1-3-20-13-6-8-18(20)16-10-9-15-7-4-5-12-19(15,2)17(16)11-14-20/h3,15-18H,1,4-14H2,2H3/t15-,16-,17+,18+,19+,20+/m1/s1. The van der Waals surface area contributed by atoms with Crippen molar-refractivity contribution in [3.05, 3.63) is 12.7 Å². The Labute approximate surface area is 125 Å². The molecular formula is C20H32. The summed E-state index contributed by atoms with van der Waals surface area (Å²) in [6.45, 7) is 6.94. The number of hydrogen-bond donors (Lipinski definition) is 0. The average Bonchev–Trinajstić information content (AvgIpc) is 2.91. The summed E-state index contributed by atoms with van der Waals surface area (Å²) in [5, 5.41) is 0. The largest absolute Gasteiger partial charge is 0.103 e. The molecule has 0 unspecified atom stereocenters. The minimum absolute atomic E-state index is 0.555. The van der Waals surface area contributed by atoms with Gasteiger partial charge in [-0.3, -0.25) is 0 Å². The van der Waals surface area contributed by atoms with E-state index >= 15 is 0 Å². The second-order valence-electron chi connectivity index (χ2n) is 8.77. The van der Waals surface area contributed by atoms with Gasteiger partial charge in [0.05, 0.1) is 0 Å². The lowest BCUT2D eigenvalue weighted by Crippen LogP contribution is -2.51. The molecule has 4 rings (SSSR count). The number of rotatable bonds is 1. The van der Waals surface area contributed by atoms with Crippen LogP contribution in [0.15, 0.2) is 12.7 Å². The molecule has 20 heavy (non-hydrogen) atoms.